The number of aliphatic carboxylic acids is 1. The van der Waals surface area contributed by atoms with Crippen molar-refractivity contribution >= 4 is 11.9 Å². The van der Waals surface area contributed by atoms with Crippen LogP contribution < -0.4 is 0 Å². The van der Waals surface area contributed by atoms with Crippen LogP contribution in [0.4, 0.5) is 0 Å². The van der Waals surface area contributed by atoms with E-state index in [2.05, 4.69) is 18.7 Å². The molecular weight excluding hydrogens is 256 g/mol. The van der Waals surface area contributed by atoms with Gasteiger partial charge >= 0.3 is 5.97 Å². The zero-order valence-corrected chi connectivity index (χ0v) is 12.5. The zero-order chi connectivity index (χ0) is 14.7. The van der Waals surface area contributed by atoms with Gasteiger partial charge in [-0.3, -0.25) is 14.5 Å². The van der Waals surface area contributed by atoms with Gasteiger partial charge in [0.15, 0.2) is 0 Å². The molecule has 0 bridgehead atoms. The Kier molecular flexibility index (Phi) is 5.02. The first-order valence-electron chi connectivity index (χ1n) is 7.76. The highest BCUT2D eigenvalue weighted by Crippen LogP contribution is 2.23. The Bertz CT molecular complexity index is 364. The average molecular weight is 282 g/mol. The minimum absolute atomic E-state index is 0.0807. The predicted molar refractivity (Wildman–Crippen MR) is 76.4 cm³/mol. The van der Waals surface area contributed by atoms with Crippen molar-refractivity contribution in [3.8, 4) is 0 Å². The highest BCUT2D eigenvalue weighted by molar-refractivity contribution is 5.83. The number of nitrogens with zero attached hydrogens (tertiary/aromatic N) is 2. The molecule has 5 nitrogen and oxygen atoms in total. The summed E-state index contributed by atoms with van der Waals surface area (Å²) in [5.74, 6) is -0.761. The second-order valence-corrected chi connectivity index (χ2v) is 6.39. The Hall–Kier alpha value is -1.10. The van der Waals surface area contributed by atoms with Crippen molar-refractivity contribution in [2.24, 2.45) is 11.8 Å². The average Bonchev–Trinajstić information content (AvgIpc) is 2.89. The molecule has 2 aliphatic heterocycles. The van der Waals surface area contributed by atoms with Gasteiger partial charge in [-0.05, 0) is 38.3 Å². The van der Waals surface area contributed by atoms with Crippen LogP contribution in [0, 0.1) is 11.8 Å². The molecule has 2 fully saturated rings. The number of carboxylic acid groups (broad SMARTS) is 1. The van der Waals surface area contributed by atoms with E-state index in [0.717, 1.165) is 25.9 Å². The van der Waals surface area contributed by atoms with Crippen molar-refractivity contribution in [1.82, 2.24) is 9.80 Å². The Morgan fingerprint density at radius 2 is 1.75 bits per heavy atom. The van der Waals surface area contributed by atoms with Crippen molar-refractivity contribution in [1.29, 1.82) is 0 Å². The van der Waals surface area contributed by atoms with Crippen molar-refractivity contribution in [3.05, 3.63) is 0 Å². The van der Waals surface area contributed by atoms with Gasteiger partial charge < -0.3 is 10.0 Å². The summed E-state index contributed by atoms with van der Waals surface area (Å²) < 4.78 is 0. The summed E-state index contributed by atoms with van der Waals surface area (Å²) in [7, 11) is 0. The molecule has 2 heterocycles. The first-order valence-corrected chi connectivity index (χ1v) is 7.76. The molecule has 2 saturated heterocycles. The smallest absolute Gasteiger partial charge is 0.308 e. The molecule has 0 saturated carbocycles. The quantitative estimate of drug-likeness (QED) is 0.847. The number of amides is 1. The van der Waals surface area contributed by atoms with E-state index in [9.17, 15) is 9.59 Å². The van der Waals surface area contributed by atoms with Gasteiger partial charge in [0.2, 0.25) is 5.91 Å². The van der Waals surface area contributed by atoms with Gasteiger partial charge in [-0.2, -0.15) is 0 Å². The molecule has 2 aliphatic rings. The maximum atomic E-state index is 12.7. The second-order valence-electron chi connectivity index (χ2n) is 6.39. The Morgan fingerprint density at radius 3 is 2.25 bits per heavy atom. The highest BCUT2D eigenvalue weighted by Gasteiger charge is 2.37. The van der Waals surface area contributed by atoms with E-state index in [1.165, 1.54) is 6.42 Å². The predicted octanol–water partition coefficient (Wildman–Crippen LogP) is 1.43. The molecule has 2 rings (SSSR count). The lowest BCUT2D eigenvalue weighted by Crippen LogP contribution is -2.52. The van der Waals surface area contributed by atoms with Crippen LogP contribution in [0.25, 0.3) is 0 Å². The molecule has 5 heteroatoms. The molecule has 0 aromatic carbocycles. The number of piperidine rings is 1. The summed E-state index contributed by atoms with van der Waals surface area (Å²) in [6, 6.07) is -0.0807. The summed E-state index contributed by atoms with van der Waals surface area (Å²) in [6.45, 7) is 7.12. The second kappa shape index (κ2) is 6.57. The van der Waals surface area contributed by atoms with Gasteiger partial charge in [-0.1, -0.05) is 20.3 Å². The number of hydrogen-bond donors (Lipinski definition) is 1. The van der Waals surface area contributed by atoms with Crippen LogP contribution in [0.2, 0.25) is 0 Å². The van der Waals surface area contributed by atoms with Crippen LogP contribution in [0.3, 0.4) is 0 Å². The van der Waals surface area contributed by atoms with Crippen molar-refractivity contribution in [2.45, 2.75) is 45.6 Å². The van der Waals surface area contributed by atoms with E-state index >= 15 is 0 Å². The van der Waals surface area contributed by atoms with Gasteiger partial charge in [-0.15, -0.1) is 0 Å². The number of carboxylic acids is 1. The summed E-state index contributed by atoms with van der Waals surface area (Å²) in [4.78, 5) is 27.8. The zero-order valence-electron chi connectivity index (χ0n) is 12.5. The lowest BCUT2D eigenvalue weighted by molar-refractivity contribution is -0.142. The number of carbonyl (C=O) groups is 2. The maximum absolute atomic E-state index is 12.7. The van der Waals surface area contributed by atoms with Gasteiger partial charge in [-0.25, -0.2) is 0 Å². The van der Waals surface area contributed by atoms with Crippen LogP contribution in [0.15, 0.2) is 0 Å². The minimum atomic E-state index is -0.778. The standard InChI is InChI=1S/C15H26N2O3/c1-11(2)13(16-7-4-3-5-8-16)14(18)17-9-6-12(10-17)15(19)20/h11-13H,3-10H2,1-2H3,(H,19,20)/t12-,13-/m1/s1. The van der Waals surface area contributed by atoms with Crippen LogP contribution in [0.1, 0.15) is 39.5 Å². The molecule has 2 atom stereocenters. The molecule has 0 radical (unpaired) electrons. The Balaban J connectivity index is 2.02. The Labute approximate surface area is 120 Å². The van der Waals surface area contributed by atoms with Gasteiger partial charge in [0, 0.05) is 13.1 Å². The monoisotopic (exact) mass is 282 g/mol. The number of hydrogen-bond acceptors (Lipinski definition) is 3. The molecule has 1 amide bonds. The van der Waals surface area contributed by atoms with E-state index in [1.807, 2.05) is 0 Å². The third-order valence-electron chi connectivity index (χ3n) is 4.52. The SMILES string of the molecule is CC(C)[C@H](C(=O)N1CC[C@@H](C(=O)O)C1)N1CCCCC1. The molecule has 1 N–H and O–H groups in total. The van der Waals surface area contributed by atoms with Crippen LogP contribution in [-0.2, 0) is 9.59 Å². The largest absolute Gasteiger partial charge is 0.481 e. The lowest BCUT2D eigenvalue weighted by atomic mass is 9.98. The summed E-state index contributed by atoms with van der Waals surface area (Å²) in [5, 5.41) is 9.06. The fourth-order valence-corrected chi connectivity index (χ4v) is 3.41. The molecule has 0 spiro atoms. The van der Waals surface area contributed by atoms with Crippen molar-refractivity contribution in [2.75, 3.05) is 26.2 Å². The van der Waals surface area contributed by atoms with Gasteiger partial charge in [0.25, 0.3) is 0 Å². The van der Waals surface area contributed by atoms with E-state index in [0.29, 0.717) is 19.5 Å². The fourth-order valence-electron chi connectivity index (χ4n) is 3.41. The van der Waals surface area contributed by atoms with Crippen LogP contribution in [0.5, 0.6) is 0 Å². The summed E-state index contributed by atoms with van der Waals surface area (Å²) >= 11 is 0. The van der Waals surface area contributed by atoms with Gasteiger partial charge in [0.1, 0.15) is 0 Å². The third kappa shape index (κ3) is 3.32. The first kappa shape index (κ1) is 15.3. The summed E-state index contributed by atoms with van der Waals surface area (Å²) in [6.07, 6.45) is 4.16. The number of likely N-dealkylation sites (tertiary alicyclic amines) is 2. The molecule has 0 unspecified atom stereocenters. The fraction of sp³-hybridized carbons (Fsp3) is 0.867. The normalized spacial score (nSPS) is 25.9. The van der Waals surface area contributed by atoms with E-state index in [1.54, 1.807) is 4.90 Å². The summed E-state index contributed by atoms with van der Waals surface area (Å²) in [5.41, 5.74) is 0. The number of rotatable bonds is 4. The molecule has 0 aliphatic carbocycles. The maximum Gasteiger partial charge on any atom is 0.308 e. The van der Waals surface area contributed by atoms with E-state index < -0.39 is 5.97 Å². The molecular formula is C15H26N2O3. The molecule has 0 aromatic rings. The Morgan fingerprint density at radius 1 is 1.10 bits per heavy atom. The van der Waals surface area contributed by atoms with Gasteiger partial charge in [0.05, 0.1) is 12.0 Å². The minimum Gasteiger partial charge on any atom is -0.481 e. The number of carbonyl (C=O) groups excluding carboxylic acids is 1. The van der Waals surface area contributed by atoms with Crippen molar-refractivity contribution in [3.63, 3.8) is 0 Å². The topological polar surface area (TPSA) is 60.9 Å². The molecule has 0 aromatic heterocycles. The highest BCUT2D eigenvalue weighted by atomic mass is 16.4. The van der Waals surface area contributed by atoms with Crippen LogP contribution in [-0.4, -0.2) is 59.0 Å². The third-order valence-corrected chi connectivity index (χ3v) is 4.52. The van der Waals surface area contributed by atoms with Crippen LogP contribution >= 0.6 is 0 Å². The van der Waals surface area contributed by atoms with E-state index in [4.69, 9.17) is 5.11 Å². The first-order chi connectivity index (χ1) is 9.50. The van der Waals surface area contributed by atoms with E-state index in [-0.39, 0.29) is 23.8 Å². The lowest BCUT2D eigenvalue weighted by Gasteiger charge is -2.37. The molecule has 20 heavy (non-hydrogen) atoms. The van der Waals surface area contributed by atoms with Crippen molar-refractivity contribution < 1.29 is 14.7 Å². The molecule has 114 valence electrons.